The molecule has 1 aromatic heterocycles. The van der Waals surface area contributed by atoms with Crippen molar-refractivity contribution in [3.8, 4) is 6.07 Å². The lowest BCUT2D eigenvalue weighted by Gasteiger charge is -1.87. The fraction of sp³-hybridized carbons (Fsp3) is 0.100. The normalized spacial score (nSPS) is 10.2. The molecule has 13 heavy (non-hydrogen) atoms. The highest BCUT2D eigenvalue weighted by Gasteiger charge is 2.08. The average Bonchev–Trinajstić information content (AvgIpc) is 2.55. The Hall–Kier alpha value is -1.02. The maximum absolute atomic E-state index is 8.96. The van der Waals surface area contributed by atoms with E-state index in [9.17, 15) is 0 Å². The number of alkyl halides is 1. The topological polar surface area (TPSA) is 39.6 Å². The van der Waals surface area contributed by atoms with Crippen molar-refractivity contribution >= 4 is 33.5 Å². The molecule has 2 nitrogen and oxygen atoms in total. The number of nitrogens with zero attached hydrogens (tertiary/aromatic N) is 1. The van der Waals surface area contributed by atoms with Gasteiger partial charge < -0.3 is 4.98 Å². The minimum absolute atomic E-state index is 0.782. The van der Waals surface area contributed by atoms with Crippen molar-refractivity contribution < 1.29 is 0 Å². The highest BCUT2D eigenvalue weighted by atomic mass is 127. The zero-order valence-electron chi connectivity index (χ0n) is 6.84. The first kappa shape index (κ1) is 8.57. The van der Waals surface area contributed by atoms with Gasteiger partial charge in [0.2, 0.25) is 0 Å². The van der Waals surface area contributed by atoms with Gasteiger partial charge in [-0.15, -0.1) is 0 Å². The molecule has 0 atom stereocenters. The number of halogens is 1. The van der Waals surface area contributed by atoms with Gasteiger partial charge in [-0.05, 0) is 6.07 Å². The van der Waals surface area contributed by atoms with Crippen LogP contribution in [0.4, 0.5) is 0 Å². The van der Waals surface area contributed by atoms with E-state index in [1.54, 1.807) is 0 Å². The number of hydrogen-bond acceptors (Lipinski definition) is 1. The van der Waals surface area contributed by atoms with Crippen LogP contribution in [0.5, 0.6) is 0 Å². The zero-order valence-corrected chi connectivity index (χ0v) is 9.00. The summed E-state index contributed by atoms with van der Waals surface area (Å²) in [5.74, 6) is 0. The number of para-hydroxylation sites is 1. The van der Waals surface area contributed by atoms with Crippen LogP contribution >= 0.6 is 22.6 Å². The molecule has 2 aromatic rings. The van der Waals surface area contributed by atoms with E-state index in [1.807, 2.05) is 24.3 Å². The van der Waals surface area contributed by atoms with E-state index in [2.05, 4.69) is 33.6 Å². The van der Waals surface area contributed by atoms with E-state index in [0.29, 0.717) is 0 Å². The average molecular weight is 282 g/mol. The molecule has 2 rings (SSSR count). The molecule has 0 unspecified atom stereocenters. The summed E-state index contributed by atoms with van der Waals surface area (Å²) in [5.41, 5.74) is 2.85. The number of aromatic nitrogens is 1. The molecule has 1 aromatic carbocycles. The maximum Gasteiger partial charge on any atom is 0.102 e. The summed E-state index contributed by atoms with van der Waals surface area (Å²) in [7, 11) is 0. The predicted octanol–water partition coefficient (Wildman–Crippen LogP) is 2.97. The minimum atomic E-state index is 0.782. The Kier molecular flexibility index (Phi) is 2.23. The van der Waals surface area contributed by atoms with Crippen molar-refractivity contribution in [2.24, 2.45) is 0 Å². The van der Waals surface area contributed by atoms with E-state index in [-0.39, 0.29) is 0 Å². The molecule has 0 fully saturated rings. The summed E-state index contributed by atoms with van der Waals surface area (Å²) in [4.78, 5) is 3.23. The molecular formula is C10H7IN2. The second-order valence-corrected chi connectivity index (χ2v) is 3.53. The molecule has 0 saturated heterocycles. The standard InChI is InChI=1S/C10H7IN2/c11-5-10-8(6-12)7-3-1-2-4-9(7)13-10/h1-4,13H,5H2. The Morgan fingerprint density at radius 2 is 2.15 bits per heavy atom. The lowest BCUT2D eigenvalue weighted by molar-refractivity contribution is 1.27. The van der Waals surface area contributed by atoms with Crippen LogP contribution in [0.15, 0.2) is 24.3 Å². The van der Waals surface area contributed by atoms with Crippen LogP contribution in [-0.2, 0) is 4.43 Å². The van der Waals surface area contributed by atoms with Crippen molar-refractivity contribution in [1.82, 2.24) is 4.98 Å². The zero-order chi connectivity index (χ0) is 9.26. The highest BCUT2D eigenvalue weighted by molar-refractivity contribution is 14.1. The van der Waals surface area contributed by atoms with Crippen LogP contribution in [-0.4, -0.2) is 4.98 Å². The number of aromatic amines is 1. The van der Waals surface area contributed by atoms with Gasteiger partial charge in [-0.3, -0.25) is 0 Å². The first-order valence-electron chi connectivity index (χ1n) is 3.92. The molecule has 0 saturated carbocycles. The summed E-state index contributed by atoms with van der Waals surface area (Å²) >= 11 is 2.25. The van der Waals surface area contributed by atoms with Crippen molar-refractivity contribution in [1.29, 1.82) is 5.26 Å². The predicted molar refractivity (Wildman–Crippen MR) is 60.7 cm³/mol. The Balaban J connectivity index is 2.83. The second-order valence-electron chi connectivity index (χ2n) is 2.77. The van der Waals surface area contributed by atoms with Crippen molar-refractivity contribution in [2.45, 2.75) is 4.43 Å². The van der Waals surface area contributed by atoms with E-state index in [0.717, 1.165) is 26.6 Å². The summed E-state index contributed by atoms with van der Waals surface area (Å²) in [6.07, 6.45) is 0. The Bertz CT molecular complexity index is 479. The summed E-state index contributed by atoms with van der Waals surface area (Å²) in [6, 6.07) is 10.1. The number of rotatable bonds is 1. The van der Waals surface area contributed by atoms with Gasteiger partial charge in [-0.1, -0.05) is 40.8 Å². The molecule has 0 aliphatic heterocycles. The lowest BCUT2D eigenvalue weighted by Crippen LogP contribution is -1.79. The van der Waals surface area contributed by atoms with Crippen molar-refractivity contribution in [2.75, 3.05) is 0 Å². The molecule has 0 amide bonds. The first-order valence-corrected chi connectivity index (χ1v) is 5.45. The van der Waals surface area contributed by atoms with Crippen LogP contribution in [0.1, 0.15) is 11.3 Å². The van der Waals surface area contributed by atoms with Gasteiger partial charge in [0.1, 0.15) is 6.07 Å². The molecule has 0 bridgehead atoms. The van der Waals surface area contributed by atoms with Gasteiger partial charge in [-0.25, -0.2) is 0 Å². The van der Waals surface area contributed by atoms with Gasteiger partial charge in [0.05, 0.1) is 5.56 Å². The fourth-order valence-corrected chi connectivity index (χ4v) is 2.00. The quantitative estimate of drug-likeness (QED) is 0.634. The molecule has 0 spiro atoms. The van der Waals surface area contributed by atoms with Crippen molar-refractivity contribution in [3.05, 3.63) is 35.5 Å². The molecule has 3 heteroatoms. The number of hydrogen-bond donors (Lipinski definition) is 1. The molecule has 0 radical (unpaired) electrons. The maximum atomic E-state index is 8.96. The van der Waals surface area contributed by atoms with Gasteiger partial charge in [-0.2, -0.15) is 5.26 Å². The molecule has 1 N–H and O–H groups in total. The van der Waals surface area contributed by atoms with Crippen LogP contribution in [0, 0.1) is 11.3 Å². The number of nitriles is 1. The number of nitrogens with one attached hydrogen (secondary N) is 1. The third kappa shape index (κ3) is 1.31. The van der Waals surface area contributed by atoms with E-state index in [4.69, 9.17) is 5.26 Å². The van der Waals surface area contributed by atoms with Crippen molar-refractivity contribution in [3.63, 3.8) is 0 Å². The smallest absolute Gasteiger partial charge is 0.102 e. The number of fused-ring (bicyclic) bond motifs is 1. The van der Waals surface area contributed by atoms with E-state index < -0.39 is 0 Å². The Labute approximate surface area is 89.7 Å². The lowest BCUT2D eigenvalue weighted by atomic mass is 10.1. The highest BCUT2D eigenvalue weighted by Crippen LogP contribution is 2.22. The molecule has 1 heterocycles. The molecule has 0 aliphatic carbocycles. The Morgan fingerprint density at radius 1 is 1.38 bits per heavy atom. The first-order chi connectivity index (χ1) is 6.36. The SMILES string of the molecule is N#Cc1c(CI)[nH]c2ccccc12. The van der Waals surface area contributed by atoms with Crippen LogP contribution in [0.25, 0.3) is 10.9 Å². The van der Waals surface area contributed by atoms with Crippen LogP contribution in [0.3, 0.4) is 0 Å². The summed E-state index contributed by atoms with van der Waals surface area (Å²) < 4.78 is 0.843. The molecule has 0 aliphatic rings. The van der Waals surface area contributed by atoms with E-state index in [1.165, 1.54) is 0 Å². The number of H-pyrrole nitrogens is 1. The molecule has 64 valence electrons. The minimum Gasteiger partial charge on any atom is -0.357 e. The van der Waals surface area contributed by atoms with Crippen LogP contribution < -0.4 is 0 Å². The summed E-state index contributed by atoms with van der Waals surface area (Å²) in [6.45, 7) is 0. The van der Waals surface area contributed by atoms with Gasteiger partial charge in [0, 0.05) is 21.0 Å². The third-order valence-corrected chi connectivity index (χ3v) is 2.79. The molecular weight excluding hydrogens is 275 g/mol. The number of benzene rings is 1. The Morgan fingerprint density at radius 3 is 2.85 bits per heavy atom. The van der Waals surface area contributed by atoms with Crippen LogP contribution in [0.2, 0.25) is 0 Å². The largest absolute Gasteiger partial charge is 0.357 e. The van der Waals surface area contributed by atoms with Gasteiger partial charge in [0.15, 0.2) is 0 Å². The van der Waals surface area contributed by atoms with E-state index >= 15 is 0 Å². The third-order valence-electron chi connectivity index (χ3n) is 2.03. The van der Waals surface area contributed by atoms with Gasteiger partial charge in [0.25, 0.3) is 0 Å². The van der Waals surface area contributed by atoms with Gasteiger partial charge >= 0.3 is 0 Å². The second kappa shape index (κ2) is 3.38. The fourth-order valence-electron chi connectivity index (χ4n) is 1.43. The summed E-state index contributed by atoms with van der Waals surface area (Å²) in [5, 5.41) is 9.99. The monoisotopic (exact) mass is 282 g/mol.